The molecule has 0 radical (unpaired) electrons. The molecule has 1 aliphatic rings. The Morgan fingerprint density at radius 1 is 1.45 bits per heavy atom. The van der Waals surface area contributed by atoms with Crippen LogP contribution in [0, 0.1) is 5.41 Å². The third-order valence-corrected chi connectivity index (χ3v) is 4.47. The molecule has 1 atom stereocenters. The SMILES string of the molecule is CCC1(Cn2c(C(C)Cl)nc3c(OC)ncnc32)CC1. The van der Waals surface area contributed by atoms with Gasteiger partial charge in [0.05, 0.1) is 12.5 Å². The van der Waals surface area contributed by atoms with Crippen molar-refractivity contribution in [1.82, 2.24) is 19.5 Å². The smallest absolute Gasteiger partial charge is 0.245 e. The molecule has 6 heteroatoms. The molecule has 2 aromatic heterocycles. The average Bonchev–Trinajstić information content (AvgIpc) is 3.13. The molecular formula is C14H19ClN4O. The lowest BCUT2D eigenvalue weighted by atomic mass is 10.0. The molecule has 1 aliphatic carbocycles. The van der Waals surface area contributed by atoms with Crippen LogP contribution in [0.15, 0.2) is 6.33 Å². The number of rotatable bonds is 5. The summed E-state index contributed by atoms with van der Waals surface area (Å²) < 4.78 is 7.42. The van der Waals surface area contributed by atoms with Crippen molar-refractivity contribution in [2.75, 3.05) is 7.11 Å². The number of hydrogen-bond donors (Lipinski definition) is 0. The van der Waals surface area contributed by atoms with E-state index >= 15 is 0 Å². The Labute approximate surface area is 123 Å². The summed E-state index contributed by atoms with van der Waals surface area (Å²) in [5.41, 5.74) is 1.91. The Morgan fingerprint density at radius 3 is 2.75 bits per heavy atom. The van der Waals surface area contributed by atoms with Crippen LogP contribution in [0.3, 0.4) is 0 Å². The average molecular weight is 295 g/mol. The zero-order chi connectivity index (χ0) is 14.3. The maximum Gasteiger partial charge on any atom is 0.245 e. The summed E-state index contributed by atoms with van der Waals surface area (Å²) in [6, 6.07) is 0. The molecule has 20 heavy (non-hydrogen) atoms. The highest BCUT2D eigenvalue weighted by Crippen LogP contribution is 2.50. The third kappa shape index (κ3) is 2.14. The molecule has 0 saturated heterocycles. The highest BCUT2D eigenvalue weighted by molar-refractivity contribution is 6.20. The summed E-state index contributed by atoms with van der Waals surface area (Å²) in [6.07, 6.45) is 5.22. The van der Waals surface area contributed by atoms with Gasteiger partial charge in [-0.25, -0.2) is 9.97 Å². The molecule has 0 bridgehead atoms. The molecule has 0 N–H and O–H groups in total. The van der Waals surface area contributed by atoms with Gasteiger partial charge < -0.3 is 9.30 Å². The van der Waals surface area contributed by atoms with E-state index in [2.05, 4.69) is 26.4 Å². The van der Waals surface area contributed by atoms with Gasteiger partial charge in [0.1, 0.15) is 12.2 Å². The van der Waals surface area contributed by atoms with Gasteiger partial charge in [-0.3, -0.25) is 0 Å². The van der Waals surface area contributed by atoms with Gasteiger partial charge in [-0.05, 0) is 31.6 Å². The van der Waals surface area contributed by atoms with E-state index in [1.54, 1.807) is 7.11 Å². The lowest BCUT2D eigenvalue weighted by Crippen LogP contribution is -2.14. The van der Waals surface area contributed by atoms with E-state index in [9.17, 15) is 0 Å². The maximum atomic E-state index is 6.30. The Morgan fingerprint density at radius 2 is 2.20 bits per heavy atom. The third-order valence-electron chi connectivity index (χ3n) is 4.28. The van der Waals surface area contributed by atoms with Crippen molar-refractivity contribution in [2.24, 2.45) is 5.41 Å². The number of ether oxygens (including phenoxy) is 1. The normalized spacial score (nSPS) is 18.2. The topological polar surface area (TPSA) is 52.8 Å². The monoisotopic (exact) mass is 294 g/mol. The molecule has 1 fully saturated rings. The molecule has 108 valence electrons. The molecule has 0 amide bonds. The van der Waals surface area contributed by atoms with E-state index in [0.717, 1.165) is 18.0 Å². The Bertz CT molecular complexity index is 633. The largest absolute Gasteiger partial charge is 0.479 e. The number of aromatic nitrogens is 4. The summed E-state index contributed by atoms with van der Waals surface area (Å²) >= 11 is 6.30. The first-order valence-corrected chi connectivity index (χ1v) is 7.43. The Hall–Kier alpha value is -1.36. The van der Waals surface area contributed by atoms with Crippen LogP contribution in [0.4, 0.5) is 0 Å². The lowest BCUT2D eigenvalue weighted by molar-refractivity contribution is 0.400. The number of alkyl halides is 1. The standard InChI is InChI=1S/C14H19ClN4O/c1-4-14(5-6-14)7-19-11(9(2)15)18-10-12(19)16-8-17-13(10)20-3/h8-9H,4-7H2,1-3H3. The van der Waals surface area contributed by atoms with Crippen molar-refractivity contribution >= 4 is 22.8 Å². The van der Waals surface area contributed by atoms with Crippen molar-refractivity contribution in [1.29, 1.82) is 0 Å². The maximum absolute atomic E-state index is 6.30. The number of nitrogens with zero attached hydrogens (tertiary/aromatic N) is 4. The molecule has 1 saturated carbocycles. The van der Waals surface area contributed by atoms with Crippen LogP contribution in [0.5, 0.6) is 5.88 Å². The van der Waals surface area contributed by atoms with Crippen LogP contribution >= 0.6 is 11.6 Å². The van der Waals surface area contributed by atoms with Crippen molar-refractivity contribution in [3.8, 4) is 5.88 Å². The van der Waals surface area contributed by atoms with Gasteiger partial charge in [0.15, 0.2) is 11.2 Å². The number of imidazole rings is 1. The van der Waals surface area contributed by atoms with Crippen molar-refractivity contribution in [3.05, 3.63) is 12.2 Å². The van der Waals surface area contributed by atoms with Crippen molar-refractivity contribution < 1.29 is 4.74 Å². The lowest BCUT2D eigenvalue weighted by Gasteiger charge is -2.16. The van der Waals surface area contributed by atoms with Crippen LogP contribution in [0.25, 0.3) is 11.2 Å². The summed E-state index contributed by atoms with van der Waals surface area (Å²) in [5, 5.41) is -0.165. The van der Waals surface area contributed by atoms with Gasteiger partial charge in [0.25, 0.3) is 0 Å². The van der Waals surface area contributed by atoms with Gasteiger partial charge in [-0.2, -0.15) is 4.98 Å². The second kappa shape index (κ2) is 4.88. The van der Waals surface area contributed by atoms with E-state index in [4.69, 9.17) is 16.3 Å². The van der Waals surface area contributed by atoms with Gasteiger partial charge in [-0.15, -0.1) is 11.6 Å². The zero-order valence-corrected chi connectivity index (χ0v) is 12.8. The molecule has 0 aliphatic heterocycles. The fraction of sp³-hybridized carbons (Fsp3) is 0.643. The predicted molar refractivity (Wildman–Crippen MR) is 78.1 cm³/mol. The quantitative estimate of drug-likeness (QED) is 0.794. The van der Waals surface area contributed by atoms with E-state index in [1.165, 1.54) is 25.6 Å². The zero-order valence-electron chi connectivity index (χ0n) is 12.1. The molecule has 2 heterocycles. The number of methoxy groups -OCH3 is 1. The molecule has 0 spiro atoms. The number of fused-ring (bicyclic) bond motifs is 1. The fourth-order valence-corrected chi connectivity index (χ4v) is 2.84. The first-order chi connectivity index (χ1) is 9.60. The molecule has 0 aromatic carbocycles. The predicted octanol–water partition coefficient (Wildman–Crippen LogP) is 3.32. The number of halogens is 1. The van der Waals surface area contributed by atoms with Crippen LogP contribution in [-0.2, 0) is 6.54 Å². The minimum atomic E-state index is -0.165. The summed E-state index contributed by atoms with van der Waals surface area (Å²) in [4.78, 5) is 13.1. The molecule has 5 nitrogen and oxygen atoms in total. The van der Waals surface area contributed by atoms with Crippen molar-refractivity contribution in [2.45, 2.75) is 45.0 Å². The van der Waals surface area contributed by atoms with Crippen LogP contribution in [0.1, 0.15) is 44.3 Å². The van der Waals surface area contributed by atoms with Gasteiger partial charge >= 0.3 is 0 Å². The van der Waals surface area contributed by atoms with Gasteiger partial charge in [0.2, 0.25) is 5.88 Å². The van der Waals surface area contributed by atoms with Crippen LogP contribution < -0.4 is 4.74 Å². The van der Waals surface area contributed by atoms with E-state index in [1.807, 2.05) is 6.92 Å². The first-order valence-electron chi connectivity index (χ1n) is 6.99. The van der Waals surface area contributed by atoms with Crippen LogP contribution in [-0.4, -0.2) is 26.6 Å². The van der Waals surface area contributed by atoms with Gasteiger partial charge in [0, 0.05) is 6.54 Å². The van der Waals surface area contributed by atoms with E-state index in [-0.39, 0.29) is 5.38 Å². The summed E-state index contributed by atoms with van der Waals surface area (Å²) in [5.74, 6) is 1.36. The molecule has 3 rings (SSSR count). The number of hydrogen-bond acceptors (Lipinski definition) is 4. The highest BCUT2D eigenvalue weighted by Gasteiger charge is 2.42. The second-order valence-electron chi connectivity index (χ2n) is 5.58. The minimum Gasteiger partial charge on any atom is -0.479 e. The van der Waals surface area contributed by atoms with Crippen molar-refractivity contribution in [3.63, 3.8) is 0 Å². The second-order valence-corrected chi connectivity index (χ2v) is 6.24. The van der Waals surface area contributed by atoms with Crippen LogP contribution in [0.2, 0.25) is 0 Å². The fourth-order valence-electron chi connectivity index (χ4n) is 2.68. The minimum absolute atomic E-state index is 0.165. The molecular weight excluding hydrogens is 276 g/mol. The Kier molecular flexibility index (Phi) is 3.32. The van der Waals surface area contributed by atoms with E-state index in [0.29, 0.717) is 16.8 Å². The summed E-state index contributed by atoms with van der Waals surface area (Å²) in [6.45, 7) is 5.10. The summed E-state index contributed by atoms with van der Waals surface area (Å²) in [7, 11) is 1.60. The first kappa shape index (κ1) is 13.6. The highest BCUT2D eigenvalue weighted by atomic mass is 35.5. The molecule has 2 aromatic rings. The van der Waals surface area contributed by atoms with Gasteiger partial charge in [-0.1, -0.05) is 6.92 Å². The molecule has 1 unspecified atom stereocenters. The Balaban J connectivity index is 2.14. The van der Waals surface area contributed by atoms with E-state index < -0.39 is 0 Å².